The molecule has 33 heavy (non-hydrogen) atoms. The Morgan fingerprint density at radius 3 is 2.36 bits per heavy atom. The number of amides is 1. The van der Waals surface area contributed by atoms with Gasteiger partial charge in [-0.3, -0.25) is 9.47 Å². The van der Waals surface area contributed by atoms with Crippen molar-refractivity contribution in [1.82, 2.24) is 14.5 Å². The molecule has 1 amide bonds. The van der Waals surface area contributed by atoms with Crippen LogP contribution in [-0.4, -0.2) is 32.2 Å². The quantitative estimate of drug-likeness (QED) is 0.443. The summed E-state index contributed by atoms with van der Waals surface area (Å²) in [6.07, 6.45) is 2.17. The Hall–Kier alpha value is -2.68. The fourth-order valence-electron chi connectivity index (χ4n) is 5.46. The molecular formula is C24H24BrF2N3O3. The molecule has 2 aliphatic rings. The Balaban J connectivity index is 1.42. The third kappa shape index (κ3) is 3.57. The van der Waals surface area contributed by atoms with Gasteiger partial charge >= 0.3 is 11.8 Å². The summed E-state index contributed by atoms with van der Waals surface area (Å²) in [6.45, 7) is 3.84. The second-order valence-corrected chi connectivity index (χ2v) is 10.1. The first-order chi connectivity index (χ1) is 15.7. The van der Waals surface area contributed by atoms with Crippen molar-refractivity contribution in [2.75, 3.05) is 0 Å². The second kappa shape index (κ2) is 7.97. The highest BCUT2D eigenvalue weighted by Crippen LogP contribution is 2.45. The molecule has 1 saturated heterocycles. The second-order valence-electron chi connectivity index (χ2n) is 9.33. The normalized spacial score (nSPS) is 24.9. The van der Waals surface area contributed by atoms with Crippen molar-refractivity contribution < 1.29 is 18.3 Å². The molecule has 1 atom stereocenters. The van der Waals surface area contributed by atoms with Crippen LogP contribution in [0.1, 0.15) is 57.2 Å². The highest BCUT2D eigenvalue weighted by atomic mass is 79.9. The van der Waals surface area contributed by atoms with Crippen molar-refractivity contribution in [2.24, 2.45) is 0 Å². The average molecular weight is 520 g/mol. The molecule has 0 spiro atoms. The third-order valence-electron chi connectivity index (χ3n) is 6.89. The fourth-order valence-corrected chi connectivity index (χ4v) is 5.77. The number of hydrogen-bond acceptors (Lipinski definition) is 3. The van der Waals surface area contributed by atoms with Gasteiger partial charge in [-0.2, -0.15) is 0 Å². The van der Waals surface area contributed by atoms with Gasteiger partial charge < -0.3 is 9.72 Å². The molecule has 1 N–H and O–H groups in total. The molecule has 1 aliphatic carbocycles. The summed E-state index contributed by atoms with van der Waals surface area (Å²) in [4.78, 5) is 29.9. The van der Waals surface area contributed by atoms with E-state index in [-0.39, 0.29) is 39.7 Å². The Kier molecular flexibility index (Phi) is 5.34. The number of imidazole rings is 1. The zero-order valence-corrected chi connectivity index (χ0v) is 19.9. The van der Waals surface area contributed by atoms with E-state index in [4.69, 9.17) is 4.74 Å². The van der Waals surface area contributed by atoms with Crippen LogP contribution in [0.5, 0.6) is 0 Å². The lowest BCUT2D eigenvalue weighted by Gasteiger charge is -2.38. The number of cyclic esters (lactones) is 1. The number of carbonyl (C=O) groups is 1. The van der Waals surface area contributed by atoms with Crippen LogP contribution in [0.15, 0.2) is 45.7 Å². The van der Waals surface area contributed by atoms with Crippen LogP contribution < -0.4 is 5.69 Å². The van der Waals surface area contributed by atoms with Gasteiger partial charge in [-0.25, -0.2) is 18.4 Å². The van der Waals surface area contributed by atoms with Crippen molar-refractivity contribution in [1.29, 1.82) is 0 Å². The van der Waals surface area contributed by atoms with Gasteiger partial charge in [0.2, 0.25) is 0 Å². The summed E-state index contributed by atoms with van der Waals surface area (Å²) in [5.74, 6) is -1.57. The standard InChI is InChI=1S/C24H24BrF2N3O3/c1-24(2)21(13-6-4-3-5-7-13)30(23(32)33-24)15-10-8-14(9-11-15)29-17-12-16(26)18(25)19(27)20(17)28-22(29)31/h3-7,12,14-15,21H,8-11H2,1-2H3,(H,28,31)/t14?,15?,21-/m0/s1. The maximum atomic E-state index is 14.5. The summed E-state index contributed by atoms with van der Waals surface area (Å²) in [7, 11) is 0. The molecule has 174 valence electrons. The summed E-state index contributed by atoms with van der Waals surface area (Å²) in [6, 6.07) is 10.5. The number of nitrogens with zero attached hydrogens (tertiary/aromatic N) is 2. The van der Waals surface area contributed by atoms with E-state index < -0.39 is 22.9 Å². The van der Waals surface area contributed by atoms with Crippen LogP contribution in [0.2, 0.25) is 0 Å². The summed E-state index contributed by atoms with van der Waals surface area (Å²) in [5, 5.41) is 0. The van der Waals surface area contributed by atoms with Crippen LogP contribution in [-0.2, 0) is 4.74 Å². The first-order valence-corrected chi connectivity index (χ1v) is 11.8. The highest BCUT2D eigenvalue weighted by molar-refractivity contribution is 9.10. The maximum absolute atomic E-state index is 14.5. The number of aromatic amines is 1. The van der Waals surface area contributed by atoms with Gasteiger partial charge in [-0.15, -0.1) is 0 Å². The number of fused-ring (bicyclic) bond motifs is 1. The van der Waals surface area contributed by atoms with Crippen LogP contribution >= 0.6 is 15.9 Å². The zero-order chi connectivity index (χ0) is 23.5. The minimum Gasteiger partial charge on any atom is -0.441 e. The van der Waals surface area contributed by atoms with Gasteiger partial charge in [0.15, 0.2) is 5.82 Å². The molecule has 0 bridgehead atoms. The first kappa shape index (κ1) is 22.1. The van der Waals surface area contributed by atoms with Crippen molar-refractivity contribution in [2.45, 2.75) is 63.3 Å². The number of rotatable bonds is 3. The smallest absolute Gasteiger partial charge is 0.411 e. The van der Waals surface area contributed by atoms with Crippen LogP contribution in [0.25, 0.3) is 11.0 Å². The van der Waals surface area contributed by atoms with Gasteiger partial charge in [-0.1, -0.05) is 30.3 Å². The highest BCUT2D eigenvalue weighted by Gasteiger charge is 2.51. The molecule has 2 heterocycles. The predicted molar refractivity (Wildman–Crippen MR) is 123 cm³/mol. The van der Waals surface area contributed by atoms with E-state index >= 15 is 0 Å². The SMILES string of the molecule is CC1(C)OC(=O)N(C2CCC(n3c(=O)[nH]c4c(F)c(Br)c(F)cc43)CC2)[C@H]1c1ccccc1. The monoisotopic (exact) mass is 519 g/mol. The molecule has 0 unspecified atom stereocenters. The van der Waals surface area contributed by atoms with Crippen molar-refractivity contribution in [3.05, 3.63) is 68.6 Å². The largest absolute Gasteiger partial charge is 0.441 e. The number of carbonyl (C=O) groups excluding carboxylic acids is 1. The molecule has 9 heteroatoms. The van der Waals surface area contributed by atoms with E-state index in [0.717, 1.165) is 5.56 Å². The number of halogens is 3. The first-order valence-electron chi connectivity index (χ1n) is 11.0. The van der Waals surface area contributed by atoms with Gasteiger partial charge in [0.05, 0.1) is 16.0 Å². The Labute approximate surface area is 197 Å². The van der Waals surface area contributed by atoms with Gasteiger partial charge in [0.25, 0.3) is 0 Å². The Morgan fingerprint density at radius 2 is 1.70 bits per heavy atom. The maximum Gasteiger partial charge on any atom is 0.411 e. The molecular weight excluding hydrogens is 496 g/mol. The molecule has 2 fully saturated rings. The lowest BCUT2D eigenvalue weighted by molar-refractivity contribution is 0.0662. The van der Waals surface area contributed by atoms with Crippen molar-refractivity contribution >= 4 is 33.1 Å². The lowest BCUT2D eigenvalue weighted by atomic mass is 9.86. The minimum absolute atomic E-state index is 0.00981. The van der Waals surface area contributed by atoms with Gasteiger partial charge in [0, 0.05) is 18.2 Å². The topological polar surface area (TPSA) is 67.3 Å². The molecule has 1 aromatic heterocycles. The van der Waals surface area contributed by atoms with E-state index in [2.05, 4.69) is 20.9 Å². The van der Waals surface area contributed by atoms with E-state index in [0.29, 0.717) is 25.7 Å². The number of benzene rings is 2. The Bertz CT molecular complexity index is 1280. The molecule has 0 radical (unpaired) electrons. The minimum atomic E-state index is -0.817. The molecule has 1 aliphatic heterocycles. The van der Waals surface area contributed by atoms with E-state index in [1.165, 1.54) is 10.6 Å². The fraction of sp³-hybridized carbons (Fsp3) is 0.417. The number of hydrogen-bond donors (Lipinski definition) is 1. The Morgan fingerprint density at radius 1 is 1.06 bits per heavy atom. The zero-order valence-electron chi connectivity index (χ0n) is 18.3. The van der Waals surface area contributed by atoms with Crippen LogP contribution in [0.4, 0.5) is 13.6 Å². The number of aromatic nitrogens is 2. The summed E-state index contributed by atoms with van der Waals surface area (Å²) >= 11 is 2.88. The van der Waals surface area contributed by atoms with Gasteiger partial charge in [-0.05, 0) is 61.0 Å². The van der Waals surface area contributed by atoms with Crippen LogP contribution in [0, 0.1) is 11.6 Å². The third-order valence-corrected chi connectivity index (χ3v) is 7.62. The van der Waals surface area contributed by atoms with E-state index in [1.54, 1.807) is 0 Å². The molecule has 1 saturated carbocycles. The summed E-state index contributed by atoms with van der Waals surface area (Å²) in [5.41, 5.74) is 0.0782. The van der Waals surface area contributed by atoms with Gasteiger partial charge in [0.1, 0.15) is 16.9 Å². The number of nitrogens with one attached hydrogen (secondary N) is 1. The average Bonchev–Trinajstić information content (AvgIpc) is 3.24. The molecule has 3 aromatic rings. The van der Waals surface area contributed by atoms with E-state index in [9.17, 15) is 18.4 Å². The lowest BCUT2D eigenvalue weighted by Crippen LogP contribution is -2.43. The molecule has 5 rings (SSSR count). The van der Waals surface area contributed by atoms with Crippen LogP contribution in [0.3, 0.4) is 0 Å². The van der Waals surface area contributed by atoms with Crippen molar-refractivity contribution in [3.8, 4) is 0 Å². The van der Waals surface area contributed by atoms with Crippen molar-refractivity contribution in [3.63, 3.8) is 0 Å². The number of H-pyrrole nitrogens is 1. The summed E-state index contributed by atoms with van der Waals surface area (Å²) < 4.78 is 35.5. The molecule has 2 aromatic carbocycles. The number of ether oxygens (including phenoxy) is 1. The van der Waals surface area contributed by atoms with E-state index in [1.807, 2.05) is 49.1 Å². The molecule has 6 nitrogen and oxygen atoms in total. The predicted octanol–water partition coefficient (Wildman–Crippen LogP) is 5.83.